The number of aryl methyl sites for hydroxylation is 1. The standard InChI is InChI=1S/C18H19N3O2/c22-13-15-4-3-10-21(15)11-8-18(23)19-9-7-14-12-20-17-6-2-1-5-16(14)17/h1-6,10,12-13,20H,7-9,11H2,(H,19,23). The van der Waals surface area contributed by atoms with Crippen molar-refractivity contribution >= 4 is 23.1 Å². The van der Waals surface area contributed by atoms with Gasteiger partial charge >= 0.3 is 0 Å². The number of fused-ring (bicyclic) bond motifs is 1. The van der Waals surface area contributed by atoms with Crippen LogP contribution in [0.2, 0.25) is 0 Å². The molecule has 2 heterocycles. The normalized spacial score (nSPS) is 10.8. The maximum atomic E-state index is 11.9. The first-order valence-electron chi connectivity index (χ1n) is 7.70. The molecule has 0 saturated carbocycles. The van der Waals surface area contributed by atoms with Crippen LogP contribution in [0.15, 0.2) is 48.8 Å². The molecule has 0 aliphatic carbocycles. The van der Waals surface area contributed by atoms with E-state index in [4.69, 9.17) is 0 Å². The molecule has 0 unspecified atom stereocenters. The fourth-order valence-corrected chi connectivity index (χ4v) is 2.72. The molecule has 0 aliphatic rings. The van der Waals surface area contributed by atoms with Gasteiger partial charge in [-0.3, -0.25) is 9.59 Å². The van der Waals surface area contributed by atoms with E-state index in [0.717, 1.165) is 18.2 Å². The summed E-state index contributed by atoms with van der Waals surface area (Å²) in [4.78, 5) is 26.0. The predicted octanol–water partition coefficient (Wildman–Crippen LogP) is 2.53. The quantitative estimate of drug-likeness (QED) is 0.659. The highest BCUT2D eigenvalue weighted by molar-refractivity contribution is 5.83. The lowest BCUT2D eigenvalue weighted by Gasteiger charge is -2.07. The van der Waals surface area contributed by atoms with Crippen LogP contribution in [0.4, 0.5) is 0 Å². The second-order valence-electron chi connectivity index (χ2n) is 5.45. The van der Waals surface area contributed by atoms with E-state index < -0.39 is 0 Å². The van der Waals surface area contributed by atoms with Crippen molar-refractivity contribution in [1.82, 2.24) is 14.9 Å². The van der Waals surface area contributed by atoms with E-state index in [1.54, 1.807) is 16.7 Å². The number of carbonyl (C=O) groups excluding carboxylic acids is 2. The Kier molecular flexibility index (Phi) is 4.57. The van der Waals surface area contributed by atoms with Crippen LogP contribution < -0.4 is 5.32 Å². The maximum Gasteiger partial charge on any atom is 0.221 e. The topological polar surface area (TPSA) is 66.9 Å². The molecule has 3 aromatic rings. The molecule has 0 fully saturated rings. The molecule has 0 aliphatic heterocycles. The lowest BCUT2D eigenvalue weighted by Crippen LogP contribution is -2.26. The average Bonchev–Trinajstić information content (AvgIpc) is 3.19. The Hall–Kier alpha value is -2.82. The van der Waals surface area contributed by atoms with Crippen LogP contribution in [0.3, 0.4) is 0 Å². The van der Waals surface area contributed by atoms with E-state index >= 15 is 0 Å². The minimum Gasteiger partial charge on any atom is -0.361 e. The molecule has 2 aromatic heterocycles. The number of rotatable bonds is 7. The Morgan fingerprint density at radius 2 is 2.09 bits per heavy atom. The van der Waals surface area contributed by atoms with Crippen molar-refractivity contribution in [3.8, 4) is 0 Å². The molecule has 0 atom stereocenters. The minimum atomic E-state index is -0.00427. The number of nitrogens with zero attached hydrogens (tertiary/aromatic N) is 1. The highest BCUT2D eigenvalue weighted by Gasteiger charge is 2.06. The van der Waals surface area contributed by atoms with E-state index in [0.29, 0.717) is 25.2 Å². The van der Waals surface area contributed by atoms with Gasteiger partial charge in [-0.15, -0.1) is 0 Å². The molecule has 0 bridgehead atoms. The Labute approximate surface area is 134 Å². The number of benzene rings is 1. The van der Waals surface area contributed by atoms with E-state index in [1.807, 2.05) is 30.6 Å². The molecule has 118 valence electrons. The van der Waals surface area contributed by atoms with Crippen molar-refractivity contribution in [3.63, 3.8) is 0 Å². The number of hydrogen-bond acceptors (Lipinski definition) is 2. The summed E-state index contributed by atoms with van der Waals surface area (Å²) in [6, 6.07) is 11.7. The van der Waals surface area contributed by atoms with Crippen LogP contribution >= 0.6 is 0 Å². The number of H-pyrrole nitrogens is 1. The van der Waals surface area contributed by atoms with Crippen LogP contribution in [0, 0.1) is 0 Å². The third-order valence-corrected chi connectivity index (χ3v) is 3.96. The zero-order chi connectivity index (χ0) is 16.1. The van der Waals surface area contributed by atoms with Crippen LogP contribution in [0.5, 0.6) is 0 Å². The van der Waals surface area contributed by atoms with E-state index in [1.165, 1.54) is 10.9 Å². The van der Waals surface area contributed by atoms with Gasteiger partial charge in [0.05, 0.1) is 5.69 Å². The van der Waals surface area contributed by atoms with Crippen LogP contribution in [-0.2, 0) is 17.8 Å². The molecule has 0 radical (unpaired) electrons. The molecule has 5 nitrogen and oxygen atoms in total. The summed E-state index contributed by atoms with van der Waals surface area (Å²) in [6.45, 7) is 1.12. The van der Waals surface area contributed by atoms with Gasteiger partial charge in [0.15, 0.2) is 6.29 Å². The lowest BCUT2D eigenvalue weighted by molar-refractivity contribution is -0.121. The van der Waals surface area contributed by atoms with Crippen molar-refractivity contribution < 1.29 is 9.59 Å². The Bertz CT molecular complexity index is 816. The van der Waals surface area contributed by atoms with Gasteiger partial charge in [-0.1, -0.05) is 18.2 Å². The van der Waals surface area contributed by atoms with Gasteiger partial charge in [0.1, 0.15) is 0 Å². The summed E-state index contributed by atoms with van der Waals surface area (Å²) >= 11 is 0. The van der Waals surface area contributed by atoms with E-state index in [2.05, 4.69) is 16.4 Å². The molecule has 3 rings (SSSR count). The molecule has 0 saturated heterocycles. The smallest absolute Gasteiger partial charge is 0.221 e. The van der Waals surface area contributed by atoms with Crippen molar-refractivity contribution in [1.29, 1.82) is 0 Å². The van der Waals surface area contributed by atoms with Gasteiger partial charge < -0.3 is 14.9 Å². The highest BCUT2D eigenvalue weighted by Crippen LogP contribution is 2.17. The average molecular weight is 309 g/mol. The number of hydrogen-bond donors (Lipinski definition) is 2. The number of aromatic nitrogens is 2. The fraction of sp³-hybridized carbons (Fsp3) is 0.222. The monoisotopic (exact) mass is 309 g/mol. The van der Waals surface area contributed by atoms with Gasteiger partial charge in [-0.2, -0.15) is 0 Å². The van der Waals surface area contributed by atoms with Gasteiger partial charge in [0.2, 0.25) is 5.91 Å². The van der Waals surface area contributed by atoms with Crippen LogP contribution in [-0.4, -0.2) is 28.3 Å². The number of aldehydes is 1. The first kappa shape index (κ1) is 15.1. The molecule has 5 heteroatoms. The van der Waals surface area contributed by atoms with Gasteiger partial charge in [0, 0.05) is 42.8 Å². The summed E-state index contributed by atoms with van der Waals surface area (Å²) in [5, 5.41) is 4.13. The number of aromatic amines is 1. The molecule has 1 aromatic carbocycles. The van der Waals surface area contributed by atoms with E-state index in [9.17, 15) is 9.59 Å². The van der Waals surface area contributed by atoms with Crippen LogP contribution in [0.25, 0.3) is 10.9 Å². The summed E-state index contributed by atoms with van der Waals surface area (Å²) < 4.78 is 1.78. The highest BCUT2D eigenvalue weighted by atomic mass is 16.1. The van der Waals surface area contributed by atoms with Gasteiger partial charge in [0.25, 0.3) is 0 Å². The lowest BCUT2D eigenvalue weighted by atomic mass is 10.1. The Balaban J connectivity index is 1.47. The van der Waals surface area contributed by atoms with Crippen molar-refractivity contribution in [2.45, 2.75) is 19.4 Å². The third-order valence-electron chi connectivity index (χ3n) is 3.96. The number of para-hydroxylation sites is 1. The minimum absolute atomic E-state index is 0.00427. The molecule has 23 heavy (non-hydrogen) atoms. The van der Waals surface area contributed by atoms with Gasteiger partial charge in [-0.25, -0.2) is 0 Å². The number of carbonyl (C=O) groups is 2. The first-order chi connectivity index (χ1) is 11.3. The van der Waals surface area contributed by atoms with E-state index in [-0.39, 0.29) is 5.91 Å². The largest absolute Gasteiger partial charge is 0.361 e. The second kappa shape index (κ2) is 6.96. The molecule has 2 N–H and O–H groups in total. The first-order valence-corrected chi connectivity index (χ1v) is 7.70. The van der Waals surface area contributed by atoms with Crippen LogP contribution in [0.1, 0.15) is 22.5 Å². The maximum absolute atomic E-state index is 11.9. The number of amides is 1. The molecule has 1 amide bonds. The Morgan fingerprint density at radius 1 is 1.22 bits per heavy atom. The summed E-state index contributed by atoms with van der Waals surface area (Å²) in [7, 11) is 0. The predicted molar refractivity (Wildman–Crippen MR) is 89.4 cm³/mol. The molecular weight excluding hydrogens is 290 g/mol. The zero-order valence-corrected chi connectivity index (χ0v) is 12.8. The summed E-state index contributed by atoms with van der Waals surface area (Å²) in [5.74, 6) is -0.00427. The van der Waals surface area contributed by atoms with Crippen molar-refractivity contribution in [2.75, 3.05) is 6.54 Å². The van der Waals surface area contributed by atoms with Crippen molar-refractivity contribution in [3.05, 3.63) is 60.0 Å². The second-order valence-corrected chi connectivity index (χ2v) is 5.45. The fourth-order valence-electron chi connectivity index (χ4n) is 2.72. The SMILES string of the molecule is O=Cc1cccn1CCC(=O)NCCc1c[nH]c2ccccc12. The molecule has 0 spiro atoms. The zero-order valence-electron chi connectivity index (χ0n) is 12.8. The third kappa shape index (κ3) is 3.51. The summed E-state index contributed by atoms with van der Waals surface area (Å²) in [5.41, 5.74) is 2.91. The number of nitrogens with one attached hydrogen (secondary N) is 2. The molecular formula is C18H19N3O2. The van der Waals surface area contributed by atoms with Gasteiger partial charge in [-0.05, 0) is 30.2 Å². The summed E-state index contributed by atoms with van der Waals surface area (Å²) in [6.07, 6.45) is 5.76. The van der Waals surface area contributed by atoms with Crippen molar-refractivity contribution in [2.24, 2.45) is 0 Å². The Morgan fingerprint density at radius 3 is 2.96 bits per heavy atom.